The third-order valence-electron chi connectivity index (χ3n) is 3.84. The Morgan fingerprint density at radius 3 is 2.44 bits per heavy atom. The van der Waals surface area contributed by atoms with Crippen LogP contribution in [0.1, 0.15) is 59.6 Å². The molecule has 0 aromatic carbocycles. The van der Waals surface area contributed by atoms with Crippen LogP contribution in [0.4, 0.5) is 0 Å². The standard InChI is InChI=1S/C15H29N3/c1-12(2)8-9-15-11-16-17-18(15)10-6-7-14(5)13(3)4/h11-14H,6-10H2,1-5H3. The summed E-state index contributed by atoms with van der Waals surface area (Å²) in [4.78, 5) is 0. The third kappa shape index (κ3) is 5.19. The van der Waals surface area contributed by atoms with E-state index >= 15 is 0 Å². The molecule has 0 spiro atoms. The van der Waals surface area contributed by atoms with Crippen molar-refractivity contribution in [2.45, 2.75) is 66.8 Å². The maximum atomic E-state index is 4.20. The fourth-order valence-corrected chi connectivity index (χ4v) is 1.99. The number of aromatic nitrogens is 3. The lowest BCUT2D eigenvalue weighted by Gasteiger charge is -2.15. The predicted molar refractivity (Wildman–Crippen MR) is 76.4 cm³/mol. The highest BCUT2D eigenvalue weighted by atomic mass is 15.4. The molecule has 1 unspecified atom stereocenters. The lowest BCUT2D eigenvalue weighted by atomic mass is 9.93. The SMILES string of the molecule is CC(C)CCc1cnnn1CCCC(C)C(C)C. The highest BCUT2D eigenvalue weighted by molar-refractivity contribution is 4.94. The first-order valence-corrected chi connectivity index (χ1v) is 7.38. The number of rotatable bonds is 8. The molecule has 104 valence electrons. The van der Waals surface area contributed by atoms with Gasteiger partial charge in [-0.25, -0.2) is 4.68 Å². The molecule has 0 amide bonds. The summed E-state index contributed by atoms with van der Waals surface area (Å²) in [7, 11) is 0. The van der Waals surface area contributed by atoms with E-state index in [2.05, 4.69) is 49.6 Å². The Morgan fingerprint density at radius 1 is 1.11 bits per heavy atom. The summed E-state index contributed by atoms with van der Waals surface area (Å²) in [6.45, 7) is 12.5. The molecule has 0 N–H and O–H groups in total. The lowest BCUT2D eigenvalue weighted by molar-refractivity contribution is 0.364. The van der Waals surface area contributed by atoms with Gasteiger partial charge in [-0.15, -0.1) is 5.10 Å². The van der Waals surface area contributed by atoms with E-state index in [0.29, 0.717) is 0 Å². The molecular formula is C15H29N3. The molecule has 3 heteroatoms. The van der Waals surface area contributed by atoms with Gasteiger partial charge in [0.05, 0.1) is 11.9 Å². The van der Waals surface area contributed by atoms with Gasteiger partial charge in [-0.2, -0.15) is 0 Å². The summed E-state index contributed by atoms with van der Waals surface area (Å²) in [5.41, 5.74) is 1.29. The van der Waals surface area contributed by atoms with Crippen LogP contribution < -0.4 is 0 Å². The molecule has 0 bridgehead atoms. The molecule has 0 aliphatic heterocycles. The Kier molecular flexibility index (Phi) is 6.37. The number of nitrogens with zero attached hydrogens (tertiary/aromatic N) is 3. The first-order chi connectivity index (χ1) is 8.50. The third-order valence-corrected chi connectivity index (χ3v) is 3.84. The molecule has 1 aromatic heterocycles. The Balaban J connectivity index is 2.36. The van der Waals surface area contributed by atoms with E-state index < -0.39 is 0 Å². The summed E-state index contributed by atoms with van der Waals surface area (Å²) in [6.07, 6.45) is 6.73. The highest BCUT2D eigenvalue weighted by Gasteiger charge is 2.08. The second-order valence-corrected chi connectivity index (χ2v) is 6.24. The zero-order valence-electron chi connectivity index (χ0n) is 12.7. The van der Waals surface area contributed by atoms with Crippen LogP contribution in [0.15, 0.2) is 6.20 Å². The van der Waals surface area contributed by atoms with E-state index in [4.69, 9.17) is 0 Å². The van der Waals surface area contributed by atoms with Crippen LogP contribution in [0, 0.1) is 17.8 Å². The molecule has 0 fully saturated rings. The average Bonchev–Trinajstić information content (AvgIpc) is 2.73. The molecule has 0 saturated carbocycles. The van der Waals surface area contributed by atoms with Gasteiger partial charge < -0.3 is 0 Å². The minimum atomic E-state index is 0.745. The van der Waals surface area contributed by atoms with Crippen molar-refractivity contribution in [1.29, 1.82) is 0 Å². The molecule has 18 heavy (non-hydrogen) atoms. The Labute approximate surface area is 112 Å². The van der Waals surface area contributed by atoms with E-state index in [-0.39, 0.29) is 0 Å². The van der Waals surface area contributed by atoms with E-state index in [1.807, 2.05) is 6.20 Å². The Hall–Kier alpha value is -0.860. The zero-order chi connectivity index (χ0) is 13.5. The Morgan fingerprint density at radius 2 is 1.83 bits per heavy atom. The van der Waals surface area contributed by atoms with E-state index in [1.165, 1.54) is 25.0 Å². The van der Waals surface area contributed by atoms with Gasteiger partial charge in [0.1, 0.15) is 0 Å². The van der Waals surface area contributed by atoms with Crippen LogP contribution in [-0.2, 0) is 13.0 Å². The summed E-state index contributed by atoms with van der Waals surface area (Å²) < 4.78 is 2.09. The Bertz CT molecular complexity index is 328. The van der Waals surface area contributed by atoms with Crippen LogP contribution in [0.2, 0.25) is 0 Å². The van der Waals surface area contributed by atoms with Gasteiger partial charge in [-0.1, -0.05) is 39.8 Å². The first kappa shape index (κ1) is 15.2. The number of aryl methyl sites for hydroxylation is 2. The quantitative estimate of drug-likeness (QED) is 0.700. The van der Waals surface area contributed by atoms with Gasteiger partial charge in [-0.3, -0.25) is 0 Å². The molecule has 0 saturated heterocycles. The molecule has 0 aliphatic rings. The molecule has 1 heterocycles. The van der Waals surface area contributed by atoms with Crippen LogP contribution in [0.25, 0.3) is 0 Å². The van der Waals surface area contributed by atoms with Crippen molar-refractivity contribution < 1.29 is 0 Å². The average molecular weight is 251 g/mol. The zero-order valence-corrected chi connectivity index (χ0v) is 12.7. The van der Waals surface area contributed by atoms with Crippen LogP contribution in [0.3, 0.4) is 0 Å². The summed E-state index contributed by atoms with van der Waals surface area (Å²) in [6, 6.07) is 0. The van der Waals surface area contributed by atoms with Crippen molar-refractivity contribution in [3.8, 4) is 0 Å². The summed E-state index contributed by atoms with van der Waals surface area (Å²) in [5, 5.41) is 8.25. The van der Waals surface area contributed by atoms with Gasteiger partial charge in [-0.05, 0) is 43.4 Å². The second kappa shape index (κ2) is 7.55. The van der Waals surface area contributed by atoms with E-state index in [1.54, 1.807) is 0 Å². The van der Waals surface area contributed by atoms with E-state index in [0.717, 1.165) is 30.7 Å². The first-order valence-electron chi connectivity index (χ1n) is 7.38. The van der Waals surface area contributed by atoms with Crippen LogP contribution in [-0.4, -0.2) is 15.0 Å². The maximum absolute atomic E-state index is 4.20. The van der Waals surface area contributed by atoms with Crippen LogP contribution in [0.5, 0.6) is 0 Å². The summed E-state index contributed by atoms with van der Waals surface area (Å²) in [5.74, 6) is 2.32. The molecule has 0 radical (unpaired) electrons. The van der Waals surface area contributed by atoms with Gasteiger partial charge >= 0.3 is 0 Å². The minimum Gasteiger partial charge on any atom is -0.249 e. The smallest absolute Gasteiger partial charge is 0.0725 e. The van der Waals surface area contributed by atoms with Crippen molar-refractivity contribution >= 4 is 0 Å². The molecular weight excluding hydrogens is 222 g/mol. The molecule has 1 atom stereocenters. The summed E-state index contributed by atoms with van der Waals surface area (Å²) >= 11 is 0. The molecule has 1 rings (SSSR count). The van der Waals surface area contributed by atoms with Gasteiger partial charge in [0.2, 0.25) is 0 Å². The van der Waals surface area contributed by atoms with Gasteiger partial charge in [0.25, 0.3) is 0 Å². The van der Waals surface area contributed by atoms with Gasteiger partial charge in [0, 0.05) is 6.54 Å². The monoisotopic (exact) mass is 251 g/mol. The van der Waals surface area contributed by atoms with Crippen molar-refractivity contribution in [2.24, 2.45) is 17.8 Å². The number of hydrogen-bond donors (Lipinski definition) is 0. The molecule has 1 aromatic rings. The lowest BCUT2D eigenvalue weighted by Crippen LogP contribution is -2.09. The largest absolute Gasteiger partial charge is 0.249 e. The molecule has 3 nitrogen and oxygen atoms in total. The van der Waals surface area contributed by atoms with Gasteiger partial charge in [0.15, 0.2) is 0 Å². The fourth-order valence-electron chi connectivity index (χ4n) is 1.99. The number of hydrogen-bond acceptors (Lipinski definition) is 2. The second-order valence-electron chi connectivity index (χ2n) is 6.24. The highest BCUT2D eigenvalue weighted by Crippen LogP contribution is 2.16. The van der Waals surface area contributed by atoms with Crippen molar-refractivity contribution in [3.05, 3.63) is 11.9 Å². The van der Waals surface area contributed by atoms with Crippen molar-refractivity contribution in [3.63, 3.8) is 0 Å². The van der Waals surface area contributed by atoms with Crippen molar-refractivity contribution in [1.82, 2.24) is 15.0 Å². The van der Waals surface area contributed by atoms with Crippen LogP contribution >= 0.6 is 0 Å². The van der Waals surface area contributed by atoms with Crippen molar-refractivity contribution in [2.75, 3.05) is 0 Å². The topological polar surface area (TPSA) is 30.7 Å². The maximum Gasteiger partial charge on any atom is 0.0725 e. The normalized spacial score (nSPS) is 13.5. The predicted octanol–water partition coefficient (Wildman–Crippen LogP) is 3.94. The minimum absolute atomic E-state index is 0.745. The fraction of sp³-hybridized carbons (Fsp3) is 0.867. The molecule has 0 aliphatic carbocycles. The van der Waals surface area contributed by atoms with E-state index in [9.17, 15) is 0 Å².